The Morgan fingerprint density at radius 3 is 2.58 bits per heavy atom. The number of nitrogens with zero attached hydrogens (tertiary/aromatic N) is 2. The van der Waals surface area contributed by atoms with E-state index in [1.54, 1.807) is 11.6 Å². The zero-order valence-electron chi connectivity index (χ0n) is 6.96. The molecule has 1 atom stereocenters. The average Bonchev–Trinajstić information content (AvgIpc) is 2.38. The minimum Gasteiger partial charge on any atom is -0.336 e. The van der Waals surface area contributed by atoms with Crippen LogP contribution in [0.4, 0.5) is 8.78 Å². The average molecular weight is 175 g/mol. The van der Waals surface area contributed by atoms with Crippen molar-refractivity contribution in [2.45, 2.75) is 12.5 Å². The molecule has 0 aliphatic heterocycles. The third kappa shape index (κ3) is 1.61. The normalized spacial score (nSPS) is 13.8. The quantitative estimate of drug-likeness (QED) is 0.741. The van der Waals surface area contributed by atoms with E-state index < -0.39 is 12.5 Å². The van der Waals surface area contributed by atoms with Gasteiger partial charge in [0.25, 0.3) is 6.43 Å². The Labute approximate surface area is 69.4 Å². The maximum absolute atomic E-state index is 12.3. The van der Waals surface area contributed by atoms with Crippen molar-refractivity contribution in [2.75, 3.05) is 7.05 Å². The lowest BCUT2D eigenvalue weighted by Crippen LogP contribution is -2.25. The summed E-state index contributed by atoms with van der Waals surface area (Å²) in [4.78, 5) is 3.76. The molecule has 0 fully saturated rings. The van der Waals surface area contributed by atoms with Crippen molar-refractivity contribution in [3.63, 3.8) is 0 Å². The lowest BCUT2D eigenvalue weighted by molar-refractivity contribution is 0.0991. The molecule has 1 unspecified atom stereocenters. The Bertz CT molecular complexity index is 247. The molecule has 1 rings (SSSR count). The molecule has 0 amide bonds. The summed E-state index contributed by atoms with van der Waals surface area (Å²) < 4.78 is 26.3. The van der Waals surface area contributed by atoms with E-state index in [0.717, 1.165) is 0 Å². The highest BCUT2D eigenvalue weighted by atomic mass is 19.3. The molecule has 0 aliphatic carbocycles. The zero-order valence-corrected chi connectivity index (χ0v) is 6.96. The molecule has 0 radical (unpaired) electrons. The van der Waals surface area contributed by atoms with Crippen LogP contribution in [0.25, 0.3) is 0 Å². The highest BCUT2D eigenvalue weighted by Gasteiger charge is 2.22. The number of hydrogen-bond acceptors (Lipinski definition) is 2. The fourth-order valence-electron chi connectivity index (χ4n) is 1.07. The van der Waals surface area contributed by atoms with Crippen molar-refractivity contribution in [3.8, 4) is 0 Å². The monoisotopic (exact) mass is 175 g/mol. The summed E-state index contributed by atoms with van der Waals surface area (Å²) in [5.41, 5.74) is 0.493. The van der Waals surface area contributed by atoms with Crippen LogP contribution in [0.2, 0.25) is 0 Å². The van der Waals surface area contributed by atoms with Gasteiger partial charge in [-0.25, -0.2) is 13.8 Å². The number of aromatic nitrogens is 2. The molecule has 1 heterocycles. The minimum atomic E-state index is -2.41. The van der Waals surface area contributed by atoms with Gasteiger partial charge in [-0.15, -0.1) is 0 Å². The second-order valence-electron chi connectivity index (χ2n) is 2.53. The van der Waals surface area contributed by atoms with Gasteiger partial charge >= 0.3 is 0 Å². The number of hydrogen-bond donors (Lipinski definition) is 1. The van der Waals surface area contributed by atoms with Gasteiger partial charge in [-0.05, 0) is 7.05 Å². The lowest BCUT2D eigenvalue weighted by Gasteiger charge is -2.14. The molecular formula is C7H11F2N3. The van der Waals surface area contributed by atoms with Gasteiger partial charge in [-0.1, -0.05) is 0 Å². The molecule has 0 saturated carbocycles. The Kier molecular flexibility index (Phi) is 2.75. The van der Waals surface area contributed by atoms with Crippen LogP contribution in [0, 0.1) is 0 Å². The summed E-state index contributed by atoms with van der Waals surface area (Å²) in [6.07, 6.45) is 0.528. The summed E-state index contributed by atoms with van der Waals surface area (Å²) in [5, 5.41) is 2.53. The van der Waals surface area contributed by atoms with Gasteiger partial charge in [0.1, 0.15) is 6.04 Å². The van der Waals surface area contributed by atoms with E-state index in [2.05, 4.69) is 10.3 Å². The van der Waals surface area contributed by atoms with E-state index >= 15 is 0 Å². The smallest absolute Gasteiger partial charge is 0.259 e. The topological polar surface area (TPSA) is 29.9 Å². The predicted molar refractivity (Wildman–Crippen MR) is 41.0 cm³/mol. The van der Waals surface area contributed by atoms with E-state index in [-0.39, 0.29) is 0 Å². The number of aryl methyl sites for hydroxylation is 1. The lowest BCUT2D eigenvalue weighted by atomic mass is 10.2. The van der Waals surface area contributed by atoms with Gasteiger partial charge in [-0.3, -0.25) is 0 Å². The molecule has 0 bridgehead atoms. The molecule has 12 heavy (non-hydrogen) atoms. The van der Waals surface area contributed by atoms with Crippen LogP contribution in [0.3, 0.4) is 0 Å². The standard InChI is InChI=1S/C7H11F2N3/c1-10-6(7(8)9)5-3-11-4-12(5)2/h3-4,6-7,10H,1-2H3. The fourth-order valence-corrected chi connectivity index (χ4v) is 1.07. The van der Waals surface area contributed by atoms with E-state index in [9.17, 15) is 8.78 Å². The maximum Gasteiger partial charge on any atom is 0.259 e. The van der Waals surface area contributed by atoms with Crippen molar-refractivity contribution >= 4 is 0 Å². The molecule has 0 spiro atoms. The summed E-state index contributed by atoms with van der Waals surface area (Å²) in [7, 11) is 3.19. The summed E-state index contributed by atoms with van der Waals surface area (Å²) in [5.74, 6) is 0. The third-order valence-corrected chi connectivity index (χ3v) is 1.74. The van der Waals surface area contributed by atoms with Crippen molar-refractivity contribution in [1.82, 2.24) is 14.9 Å². The number of halogens is 2. The van der Waals surface area contributed by atoms with Crippen LogP contribution in [0.5, 0.6) is 0 Å². The first-order chi connectivity index (χ1) is 5.66. The van der Waals surface area contributed by atoms with Crippen molar-refractivity contribution in [2.24, 2.45) is 7.05 Å². The van der Waals surface area contributed by atoms with Gasteiger partial charge < -0.3 is 9.88 Å². The van der Waals surface area contributed by atoms with Gasteiger partial charge in [0.2, 0.25) is 0 Å². The summed E-state index contributed by atoms with van der Waals surface area (Å²) in [6, 6.07) is -0.933. The fraction of sp³-hybridized carbons (Fsp3) is 0.571. The first-order valence-corrected chi connectivity index (χ1v) is 3.58. The summed E-state index contributed by atoms with van der Waals surface area (Å²) in [6.45, 7) is 0. The second kappa shape index (κ2) is 3.62. The zero-order chi connectivity index (χ0) is 9.14. The molecular weight excluding hydrogens is 164 g/mol. The van der Waals surface area contributed by atoms with Gasteiger partial charge in [0, 0.05) is 13.2 Å². The van der Waals surface area contributed by atoms with Gasteiger partial charge in [0.05, 0.1) is 12.0 Å². The Balaban J connectivity index is 2.87. The van der Waals surface area contributed by atoms with Crippen LogP contribution in [-0.4, -0.2) is 23.0 Å². The molecule has 68 valence electrons. The van der Waals surface area contributed by atoms with E-state index in [0.29, 0.717) is 5.69 Å². The Morgan fingerprint density at radius 1 is 1.58 bits per heavy atom. The van der Waals surface area contributed by atoms with Crippen LogP contribution in [0.1, 0.15) is 11.7 Å². The van der Waals surface area contributed by atoms with Gasteiger partial charge in [-0.2, -0.15) is 0 Å². The summed E-state index contributed by atoms with van der Waals surface area (Å²) >= 11 is 0. The molecule has 0 aliphatic rings. The number of alkyl halides is 2. The highest BCUT2D eigenvalue weighted by molar-refractivity contribution is 5.05. The first kappa shape index (κ1) is 9.12. The molecule has 1 N–H and O–H groups in total. The highest BCUT2D eigenvalue weighted by Crippen LogP contribution is 2.18. The molecule has 1 aromatic heterocycles. The van der Waals surface area contributed by atoms with E-state index in [1.165, 1.54) is 19.6 Å². The van der Waals surface area contributed by atoms with Crippen LogP contribution in [-0.2, 0) is 7.05 Å². The number of nitrogens with one attached hydrogen (secondary N) is 1. The third-order valence-electron chi connectivity index (χ3n) is 1.74. The van der Waals surface area contributed by atoms with Crippen molar-refractivity contribution in [1.29, 1.82) is 0 Å². The largest absolute Gasteiger partial charge is 0.336 e. The maximum atomic E-state index is 12.3. The number of rotatable bonds is 3. The van der Waals surface area contributed by atoms with Crippen LogP contribution < -0.4 is 5.32 Å². The SMILES string of the molecule is CNC(c1cncn1C)C(F)F. The molecule has 1 aromatic rings. The number of imidazole rings is 1. The molecule has 0 aromatic carbocycles. The van der Waals surface area contributed by atoms with E-state index in [4.69, 9.17) is 0 Å². The van der Waals surface area contributed by atoms with Crippen molar-refractivity contribution in [3.05, 3.63) is 18.2 Å². The Morgan fingerprint density at radius 2 is 2.25 bits per heavy atom. The molecule has 0 saturated heterocycles. The predicted octanol–water partition coefficient (Wildman–Crippen LogP) is 0.946. The molecule has 3 nitrogen and oxygen atoms in total. The van der Waals surface area contributed by atoms with Crippen molar-refractivity contribution < 1.29 is 8.78 Å². The minimum absolute atomic E-state index is 0.493. The van der Waals surface area contributed by atoms with E-state index in [1.807, 2.05) is 0 Å². The second-order valence-corrected chi connectivity index (χ2v) is 2.53. The Hall–Kier alpha value is -0.970. The van der Waals surface area contributed by atoms with Crippen LogP contribution in [0.15, 0.2) is 12.5 Å². The molecule has 5 heteroatoms. The van der Waals surface area contributed by atoms with Gasteiger partial charge in [0.15, 0.2) is 0 Å². The van der Waals surface area contributed by atoms with Crippen LogP contribution >= 0.6 is 0 Å². The first-order valence-electron chi connectivity index (χ1n) is 3.58.